The fraction of sp³-hybridized carbons (Fsp3) is 0.611. The second-order valence-electron chi connectivity index (χ2n) is 7.19. The number of hydrogen-bond donors (Lipinski definition) is 2. The first-order valence-electron chi connectivity index (χ1n) is 8.04. The monoisotopic (exact) mass is 305 g/mol. The molecule has 1 aromatic rings. The Kier molecular flexibility index (Phi) is 5.12. The molecule has 2 N–H and O–H groups in total. The molecule has 0 saturated carbocycles. The van der Waals surface area contributed by atoms with Crippen molar-refractivity contribution in [1.82, 2.24) is 0 Å². The topological polar surface area (TPSA) is 58.6 Å². The molecule has 1 aromatic carbocycles. The van der Waals surface area contributed by atoms with Gasteiger partial charge in [0.1, 0.15) is 5.60 Å². The third kappa shape index (κ3) is 4.73. The van der Waals surface area contributed by atoms with E-state index in [-0.39, 0.29) is 6.10 Å². The Labute approximate surface area is 132 Å². The summed E-state index contributed by atoms with van der Waals surface area (Å²) in [4.78, 5) is 11.8. The number of ether oxygens (including phenoxy) is 1. The van der Waals surface area contributed by atoms with Gasteiger partial charge in [0.05, 0.1) is 6.10 Å². The molecule has 4 heteroatoms. The third-order valence-corrected chi connectivity index (χ3v) is 4.10. The fourth-order valence-electron chi connectivity index (χ4n) is 2.91. The van der Waals surface area contributed by atoms with Gasteiger partial charge in [-0.15, -0.1) is 0 Å². The van der Waals surface area contributed by atoms with E-state index in [9.17, 15) is 9.90 Å². The van der Waals surface area contributed by atoms with Gasteiger partial charge in [-0.1, -0.05) is 6.07 Å². The number of aliphatic hydroxyl groups excluding tert-OH is 1. The molecule has 122 valence electrons. The van der Waals surface area contributed by atoms with Crippen LogP contribution in [0.15, 0.2) is 18.2 Å². The summed E-state index contributed by atoms with van der Waals surface area (Å²) in [5.41, 5.74) is 2.85. The molecule has 2 unspecified atom stereocenters. The van der Waals surface area contributed by atoms with Gasteiger partial charge in [-0.3, -0.25) is 5.32 Å². The molecule has 1 aliphatic carbocycles. The third-order valence-electron chi connectivity index (χ3n) is 4.10. The number of aliphatic hydroxyl groups is 1. The summed E-state index contributed by atoms with van der Waals surface area (Å²) in [6, 6.07) is 6.03. The van der Waals surface area contributed by atoms with Crippen molar-refractivity contribution in [1.29, 1.82) is 0 Å². The van der Waals surface area contributed by atoms with Gasteiger partial charge in [0.15, 0.2) is 0 Å². The smallest absolute Gasteiger partial charge is 0.412 e. The maximum atomic E-state index is 11.8. The first-order chi connectivity index (χ1) is 10.2. The zero-order valence-corrected chi connectivity index (χ0v) is 14.0. The molecular weight excluding hydrogens is 278 g/mol. The van der Waals surface area contributed by atoms with Crippen LogP contribution in [0.3, 0.4) is 0 Å². The van der Waals surface area contributed by atoms with Gasteiger partial charge >= 0.3 is 6.09 Å². The number of amides is 1. The van der Waals surface area contributed by atoms with Crippen LogP contribution < -0.4 is 5.32 Å². The number of carbonyl (C=O) groups is 1. The van der Waals surface area contributed by atoms with Crippen molar-refractivity contribution >= 4 is 11.8 Å². The number of rotatable bonds is 2. The minimum absolute atomic E-state index is 0.256. The van der Waals surface area contributed by atoms with E-state index in [0.717, 1.165) is 31.4 Å². The molecule has 0 aromatic heterocycles. The maximum absolute atomic E-state index is 11.8. The Morgan fingerprint density at radius 2 is 1.91 bits per heavy atom. The molecule has 0 radical (unpaired) electrons. The zero-order valence-electron chi connectivity index (χ0n) is 14.0. The molecule has 4 nitrogen and oxygen atoms in total. The van der Waals surface area contributed by atoms with Crippen molar-refractivity contribution in [3.8, 4) is 0 Å². The highest BCUT2D eigenvalue weighted by atomic mass is 16.6. The lowest BCUT2D eigenvalue weighted by atomic mass is 9.94. The highest BCUT2D eigenvalue weighted by molar-refractivity contribution is 5.85. The van der Waals surface area contributed by atoms with Gasteiger partial charge < -0.3 is 9.84 Å². The molecule has 1 amide bonds. The quantitative estimate of drug-likeness (QED) is 0.814. The van der Waals surface area contributed by atoms with Gasteiger partial charge in [0.2, 0.25) is 0 Å². The van der Waals surface area contributed by atoms with Crippen LogP contribution >= 0.6 is 0 Å². The van der Waals surface area contributed by atoms with Gasteiger partial charge in [0, 0.05) is 5.69 Å². The minimum atomic E-state index is -0.500. The Morgan fingerprint density at radius 1 is 1.27 bits per heavy atom. The van der Waals surface area contributed by atoms with Gasteiger partial charge in [-0.2, -0.15) is 0 Å². The van der Waals surface area contributed by atoms with Crippen LogP contribution in [-0.2, 0) is 17.6 Å². The first kappa shape index (κ1) is 16.8. The first-order valence-corrected chi connectivity index (χ1v) is 8.04. The SMILES string of the molecule is CC(O)C1CCc2ccc(NC(=O)OC(C)(C)C)cc2CC1. The molecule has 2 atom stereocenters. The number of carbonyl (C=O) groups excluding carboxylic acids is 1. The van der Waals surface area contributed by atoms with Crippen molar-refractivity contribution in [2.24, 2.45) is 5.92 Å². The second-order valence-corrected chi connectivity index (χ2v) is 7.19. The standard InChI is InChI=1S/C18H27NO3/c1-12(20)13-5-7-14-9-10-16(11-15(14)8-6-13)19-17(21)22-18(2,3)4/h9-13,20H,5-8H2,1-4H3,(H,19,21). The van der Waals surface area contributed by atoms with Crippen LogP contribution in [-0.4, -0.2) is 22.9 Å². The molecule has 0 saturated heterocycles. The molecule has 0 fully saturated rings. The van der Waals surface area contributed by atoms with Gasteiger partial charge in [-0.05, 0) is 82.6 Å². The average molecular weight is 305 g/mol. The van der Waals surface area contributed by atoms with E-state index in [1.807, 2.05) is 39.8 Å². The van der Waals surface area contributed by atoms with E-state index in [1.165, 1.54) is 11.1 Å². The Morgan fingerprint density at radius 3 is 2.50 bits per heavy atom. The summed E-state index contributed by atoms with van der Waals surface area (Å²) in [7, 11) is 0. The van der Waals surface area contributed by atoms with Gasteiger partial charge in [-0.25, -0.2) is 4.79 Å². The lowest BCUT2D eigenvalue weighted by Gasteiger charge is -2.20. The van der Waals surface area contributed by atoms with Crippen molar-refractivity contribution < 1.29 is 14.6 Å². The lowest BCUT2D eigenvalue weighted by molar-refractivity contribution is 0.0636. The molecular formula is C18H27NO3. The van der Waals surface area contributed by atoms with E-state index in [0.29, 0.717) is 5.92 Å². The summed E-state index contributed by atoms with van der Waals surface area (Å²) >= 11 is 0. The number of aryl methyl sites for hydroxylation is 2. The zero-order chi connectivity index (χ0) is 16.3. The highest BCUT2D eigenvalue weighted by Gasteiger charge is 2.21. The average Bonchev–Trinajstić information content (AvgIpc) is 2.58. The predicted molar refractivity (Wildman–Crippen MR) is 88.1 cm³/mol. The molecule has 0 bridgehead atoms. The summed E-state index contributed by atoms with van der Waals surface area (Å²) in [5, 5.41) is 12.6. The van der Waals surface area contributed by atoms with E-state index < -0.39 is 11.7 Å². The fourth-order valence-corrected chi connectivity index (χ4v) is 2.91. The largest absolute Gasteiger partial charge is 0.444 e. The second kappa shape index (κ2) is 6.69. The Bertz CT molecular complexity index is 532. The van der Waals surface area contributed by atoms with Crippen LogP contribution in [0.2, 0.25) is 0 Å². The summed E-state index contributed by atoms with van der Waals surface area (Å²) in [6.07, 6.45) is 3.24. The summed E-state index contributed by atoms with van der Waals surface area (Å²) < 4.78 is 5.28. The number of anilines is 1. The molecule has 1 aliphatic rings. The number of fused-ring (bicyclic) bond motifs is 1. The van der Waals surface area contributed by atoms with Crippen LogP contribution in [0.25, 0.3) is 0 Å². The molecule has 0 spiro atoms. The van der Waals surface area contributed by atoms with Crippen molar-refractivity contribution in [3.63, 3.8) is 0 Å². The molecule has 0 aliphatic heterocycles. The lowest BCUT2D eigenvalue weighted by Crippen LogP contribution is -2.27. The van der Waals surface area contributed by atoms with E-state index in [1.54, 1.807) is 0 Å². The summed E-state index contributed by atoms with van der Waals surface area (Å²) in [5.74, 6) is 0.356. The van der Waals surface area contributed by atoms with Crippen molar-refractivity contribution in [3.05, 3.63) is 29.3 Å². The van der Waals surface area contributed by atoms with Crippen LogP contribution in [0.1, 0.15) is 51.7 Å². The van der Waals surface area contributed by atoms with Crippen LogP contribution in [0.5, 0.6) is 0 Å². The number of benzene rings is 1. The Hall–Kier alpha value is -1.55. The van der Waals surface area contributed by atoms with E-state index in [2.05, 4.69) is 11.4 Å². The normalized spacial score (nSPS) is 19.8. The number of hydrogen-bond acceptors (Lipinski definition) is 3. The number of nitrogens with one attached hydrogen (secondary N) is 1. The summed E-state index contributed by atoms with van der Waals surface area (Å²) in [6.45, 7) is 7.41. The van der Waals surface area contributed by atoms with E-state index in [4.69, 9.17) is 4.74 Å². The van der Waals surface area contributed by atoms with Crippen molar-refractivity contribution in [2.45, 2.75) is 65.1 Å². The van der Waals surface area contributed by atoms with Crippen molar-refractivity contribution in [2.75, 3.05) is 5.32 Å². The minimum Gasteiger partial charge on any atom is -0.444 e. The van der Waals surface area contributed by atoms with E-state index >= 15 is 0 Å². The highest BCUT2D eigenvalue weighted by Crippen LogP contribution is 2.28. The van der Waals surface area contributed by atoms with Crippen LogP contribution in [0, 0.1) is 5.92 Å². The molecule has 22 heavy (non-hydrogen) atoms. The Balaban J connectivity index is 2.05. The molecule has 2 rings (SSSR count). The van der Waals surface area contributed by atoms with Crippen LogP contribution in [0.4, 0.5) is 10.5 Å². The maximum Gasteiger partial charge on any atom is 0.412 e. The molecule has 0 heterocycles. The predicted octanol–water partition coefficient (Wildman–Crippen LogP) is 3.91. The van der Waals surface area contributed by atoms with Gasteiger partial charge in [0.25, 0.3) is 0 Å².